The van der Waals surface area contributed by atoms with Crippen LogP contribution in [0.3, 0.4) is 0 Å². The Kier molecular flexibility index (Phi) is 6.23. The maximum absolute atomic E-state index is 13.0. The van der Waals surface area contributed by atoms with Gasteiger partial charge in [-0.25, -0.2) is 0 Å². The van der Waals surface area contributed by atoms with Crippen LogP contribution in [0.5, 0.6) is 0 Å². The molecule has 3 fully saturated rings. The van der Waals surface area contributed by atoms with Crippen molar-refractivity contribution in [1.29, 1.82) is 0 Å². The van der Waals surface area contributed by atoms with Gasteiger partial charge in [-0.15, -0.1) is 0 Å². The van der Waals surface area contributed by atoms with Gasteiger partial charge in [0.05, 0.1) is 12.7 Å². The normalized spacial score (nSPS) is 34.6. The molecule has 0 aromatic carbocycles. The molecule has 1 aliphatic carbocycles. The number of ether oxygens (including phenoxy) is 2. The SMILES string of the molecule is CC(C)CC(=O)N1[C@H](C(=O)NC[C@@H]2CCCO2)COC12CCC(C)CC2. The molecular formula is C20H34N2O4. The first-order valence-corrected chi connectivity index (χ1v) is 10.3. The minimum absolute atomic E-state index is 0.0457. The first-order valence-electron chi connectivity index (χ1n) is 10.3. The van der Waals surface area contributed by atoms with Crippen LogP contribution in [0.1, 0.15) is 65.7 Å². The number of nitrogens with one attached hydrogen (secondary N) is 1. The molecule has 2 amide bonds. The highest BCUT2D eigenvalue weighted by molar-refractivity contribution is 5.89. The topological polar surface area (TPSA) is 67.9 Å². The van der Waals surface area contributed by atoms with E-state index in [0.29, 0.717) is 25.5 Å². The van der Waals surface area contributed by atoms with E-state index in [9.17, 15) is 9.59 Å². The maximum Gasteiger partial charge on any atom is 0.245 e. The lowest BCUT2D eigenvalue weighted by atomic mass is 9.83. The van der Waals surface area contributed by atoms with E-state index < -0.39 is 11.8 Å². The molecule has 0 unspecified atom stereocenters. The molecule has 0 radical (unpaired) electrons. The van der Waals surface area contributed by atoms with E-state index in [-0.39, 0.29) is 23.8 Å². The van der Waals surface area contributed by atoms with Crippen LogP contribution in [0.25, 0.3) is 0 Å². The van der Waals surface area contributed by atoms with Gasteiger partial charge in [-0.05, 0) is 50.4 Å². The summed E-state index contributed by atoms with van der Waals surface area (Å²) in [5.74, 6) is 0.856. The number of carbonyl (C=O) groups excluding carboxylic acids is 2. The molecule has 3 rings (SSSR count). The predicted molar refractivity (Wildman–Crippen MR) is 98.4 cm³/mol. The molecule has 2 aliphatic heterocycles. The van der Waals surface area contributed by atoms with Gasteiger partial charge in [0.1, 0.15) is 11.8 Å². The summed E-state index contributed by atoms with van der Waals surface area (Å²) in [6.07, 6.45) is 6.32. The van der Waals surface area contributed by atoms with Crippen LogP contribution >= 0.6 is 0 Å². The maximum atomic E-state index is 13.0. The number of hydrogen-bond acceptors (Lipinski definition) is 4. The standard InChI is InChI=1S/C20H34N2O4/c1-14(2)11-18(23)22-17(19(24)21-12-16-5-4-10-25-16)13-26-20(22)8-6-15(3)7-9-20/h14-17H,4-13H2,1-3H3,(H,21,24)/t15?,16-,17-,20?/m0/s1. The Morgan fingerprint density at radius 2 is 1.96 bits per heavy atom. The lowest BCUT2D eigenvalue weighted by Gasteiger charge is -2.43. The fourth-order valence-corrected chi connectivity index (χ4v) is 4.44. The summed E-state index contributed by atoms with van der Waals surface area (Å²) in [6, 6.07) is -0.518. The van der Waals surface area contributed by atoms with Crippen LogP contribution in [-0.2, 0) is 19.1 Å². The summed E-state index contributed by atoms with van der Waals surface area (Å²) in [5.41, 5.74) is -0.579. The van der Waals surface area contributed by atoms with Crippen molar-refractivity contribution in [2.24, 2.45) is 11.8 Å². The first kappa shape index (κ1) is 19.6. The van der Waals surface area contributed by atoms with Crippen molar-refractivity contribution < 1.29 is 19.1 Å². The van der Waals surface area contributed by atoms with Crippen LogP contribution in [0.15, 0.2) is 0 Å². The molecule has 1 saturated carbocycles. The van der Waals surface area contributed by atoms with E-state index >= 15 is 0 Å². The predicted octanol–water partition coefficient (Wildman–Crippen LogP) is 2.46. The molecule has 0 aromatic rings. The Bertz CT molecular complexity index is 508. The highest BCUT2D eigenvalue weighted by Crippen LogP contribution is 2.42. The van der Waals surface area contributed by atoms with Crippen molar-refractivity contribution >= 4 is 11.8 Å². The van der Waals surface area contributed by atoms with Crippen LogP contribution < -0.4 is 5.32 Å². The summed E-state index contributed by atoms with van der Waals surface area (Å²) in [4.78, 5) is 27.7. The Balaban J connectivity index is 1.70. The summed E-state index contributed by atoms with van der Waals surface area (Å²) < 4.78 is 11.8. The van der Waals surface area contributed by atoms with Crippen LogP contribution in [-0.4, -0.2) is 54.3 Å². The second-order valence-corrected chi connectivity index (χ2v) is 8.70. The van der Waals surface area contributed by atoms with E-state index in [2.05, 4.69) is 12.2 Å². The number of amides is 2. The molecule has 3 aliphatic rings. The minimum Gasteiger partial charge on any atom is -0.376 e. The van der Waals surface area contributed by atoms with Gasteiger partial charge in [-0.2, -0.15) is 0 Å². The van der Waals surface area contributed by atoms with Crippen molar-refractivity contribution in [2.45, 2.75) is 83.6 Å². The van der Waals surface area contributed by atoms with E-state index in [1.807, 2.05) is 13.8 Å². The van der Waals surface area contributed by atoms with Crippen molar-refractivity contribution in [1.82, 2.24) is 10.2 Å². The van der Waals surface area contributed by atoms with Crippen molar-refractivity contribution in [3.05, 3.63) is 0 Å². The molecule has 2 saturated heterocycles. The molecule has 148 valence electrons. The van der Waals surface area contributed by atoms with Gasteiger partial charge in [0, 0.05) is 19.6 Å². The zero-order valence-electron chi connectivity index (χ0n) is 16.5. The van der Waals surface area contributed by atoms with Crippen molar-refractivity contribution in [2.75, 3.05) is 19.8 Å². The monoisotopic (exact) mass is 366 g/mol. The molecule has 26 heavy (non-hydrogen) atoms. The Morgan fingerprint density at radius 1 is 1.23 bits per heavy atom. The molecule has 6 nitrogen and oxygen atoms in total. The average Bonchev–Trinajstić information content (AvgIpc) is 3.23. The van der Waals surface area contributed by atoms with Gasteiger partial charge in [0.15, 0.2) is 0 Å². The van der Waals surface area contributed by atoms with E-state index in [4.69, 9.17) is 9.47 Å². The van der Waals surface area contributed by atoms with Gasteiger partial charge >= 0.3 is 0 Å². The average molecular weight is 367 g/mol. The lowest BCUT2D eigenvalue weighted by molar-refractivity contribution is -0.162. The molecule has 2 heterocycles. The summed E-state index contributed by atoms with van der Waals surface area (Å²) in [7, 11) is 0. The van der Waals surface area contributed by atoms with Gasteiger partial charge in [0.25, 0.3) is 0 Å². The van der Waals surface area contributed by atoms with Gasteiger partial charge in [-0.3, -0.25) is 14.5 Å². The van der Waals surface area contributed by atoms with Crippen LogP contribution in [0.4, 0.5) is 0 Å². The van der Waals surface area contributed by atoms with Gasteiger partial charge in [-0.1, -0.05) is 20.8 Å². The quantitative estimate of drug-likeness (QED) is 0.812. The van der Waals surface area contributed by atoms with E-state index in [1.165, 1.54) is 0 Å². The molecule has 0 aromatic heterocycles. The van der Waals surface area contributed by atoms with E-state index in [1.54, 1.807) is 4.90 Å². The zero-order valence-corrected chi connectivity index (χ0v) is 16.5. The minimum atomic E-state index is -0.579. The highest BCUT2D eigenvalue weighted by atomic mass is 16.5. The lowest BCUT2D eigenvalue weighted by Crippen LogP contribution is -2.57. The second kappa shape index (κ2) is 8.26. The summed E-state index contributed by atoms with van der Waals surface area (Å²) in [6.45, 7) is 7.91. The van der Waals surface area contributed by atoms with Gasteiger partial charge in [0.2, 0.25) is 11.8 Å². The molecular weight excluding hydrogens is 332 g/mol. The smallest absolute Gasteiger partial charge is 0.245 e. The first-order chi connectivity index (χ1) is 12.4. The highest BCUT2D eigenvalue weighted by Gasteiger charge is 2.53. The van der Waals surface area contributed by atoms with Gasteiger partial charge < -0.3 is 14.8 Å². The van der Waals surface area contributed by atoms with Crippen molar-refractivity contribution in [3.63, 3.8) is 0 Å². The summed E-state index contributed by atoms with van der Waals surface area (Å²) >= 11 is 0. The van der Waals surface area contributed by atoms with Crippen molar-refractivity contribution in [3.8, 4) is 0 Å². The Labute approximate surface area is 157 Å². The fourth-order valence-electron chi connectivity index (χ4n) is 4.44. The largest absolute Gasteiger partial charge is 0.376 e. The van der Waals surface area contributed by atoms with E-state index in [0.717, 1.165) is 45.1 Å². The third kappa shape index (κ3) is 4.22. The third-order valence-electron chi connectivity index (χ3n) is 6.00. The molecule has 0 bridgehead atoms. The number of hydrogen-bond donors (Lipinski definition) is 1. The van der Waals surface area contributed by atoms with Crippen LogP contribution in [0.2, 0.25) is 0 Å². The fraction of sp³-hybridized carbons (Fsp3) is 0.900. The number of carbonyl (C=O) groups is 2. The Hall–Kier alpha value is -1.14. The summed E-state index contributed by atoms with van der Waals surface area (Å²) in [5, 5.41) is 3.00. The third-order valence-corrected chi connectivity index (χ3v) is 6.00. The number of nitrogens with zero attached hydrogens (tertiary/aromatic N) is 1. The molecule has 1 N–H and O–H groups in total. The molecule has 6 heteroatoms. The number of rotatable bonds is 5. The zero-order chi connectivity index (χ0) is 18.7. The second-order valence-electron chi connectivity index (χ2n) is 8.70. The molecule has 1 spiro atoms. The Morgan fingerprint density at radius 3 is 2.58 bits per heavy atom. The molecule has 2 atom stereocenters. The van der Waals surface area contributed by atoms with Crippen LogP contribution in [0, 0.1) is 11.8 Å².